The Balaban J connectivity index is 1.96. The summed E-state index contributed by atoms with van der Waals surface area (Å²) in [6.07, 6.45) is -0.676. The van der Waals surface area contributed by atoms with Crippen LogP contribution in [-0.4, -0.2) is 17.6 Å². The number of aryl methyl sites for hydroxylation is 1. The van der Waals surface area contributed by atoms with Crippen molar-refractivity contribution >= 4 is 22.9 Å². The summed E-state index contributed by atoms with van der Waals surface area (Å²) < 4.78 is 0. The number of carbonyl (C=O) groups is 1. The highest BCUT2D eigenvalue weighted by Gasteiger charge is 2.11. The average Bonchev–Trinajstić information content (AvgIpc) is 2.92. The highest BCUT2D eigenvalue weighted by atomic mass is 32.1. The van der Waals surface area contributed by atoms with Gasteiger partial charge < -0.3 is 16.2 Å². The van der Waals surface area contributed by atoms with Gasteiger partial charge in [-0.15, -0.1) is 0 Å². The van der Waals surface area contributed by atoms with E-state index in [-0.39, 0.29) is 12.5 Å². The van der Waals surface area contributed by atoms with Crippen LogP contribution in [0.25, 0.3) is 0 Å². The molecular formula is C14H16N2O2S. The van der Waals surface area contributed by atoms with Crippen LogP contribution >= 0.6 is 11.3 Å². The number of anilines is 1. The van der Waals surface area contributed by atoms with E-state index in [9.17, 15) is 9.90 Å². The number of nitrogen functional groups attached to an aromatic ring is 1. The molecule has 5 heteroatoms. The van der Waals surface area contributed by atoms with Crippen molar-refractivity contribution in [1.82, 2.24) is 5.32 Å². The van der Waals surface area contributed by atoms with Gasteiger partial charge in [-0.2, -0.15) is 11.3 Å². The maximum absolute atomic E-state index is 11.9. The number of aliphatic hydroxyl groups excluding tert-OH is 1. The molecule has 0 aliphatic rings. The third-order valence-corrected chi connectivity index (χ3v) is 3.62. The van der Waals surface area contributed by atoms with Gasteiger partial charge in [-0.3, -0.25) is 4.79 Å². The summed E-state index contributed by atoms with van der Waals surface area (Å²) in [4.78, 5) is 11.9. The van der Waals surface area contributed by atoms with Crippen molar-refractivity contribution < 1.29 is 9.90 Å². The number of nitrogens with two attached hydrogens (primary N) is 1. The molecule has 1 aromatic heterocycles. The molecule has 1 amide bonds. The molecule has 2 rings (SSSR count). The minimum atomic E-state index is -0.676. The normalized spacial score (nSPS) is 12.1. The second-order valence-corrected chi connectivity index (χ2v) is 5.13. The molecule has 0 fully saturated rings. The molecule has 0 aliphatic heterocycles. The van der Waals surface area contributed by atoms with Crippen LogP contribution in [0.2, 0.25) is 0 Å². The van der Waals surface area contributed by atoms with Gasteiger partial charge in [-0.1, -0.05) is 0 Å². The van der Waals surface area contributed by atoms with Crippen LogP contribution in [0.15, 0.2) is 35.0 Å². The second-order valence-electron chi connectivity index (χ2n) is 4.35. The van der Waals surface area contributed by atoms with Crippen LogP contribution in [0.4, 0.5) is 5.69 Å². The number of hydrogen-bond donors (Lipinski definition) is 3. The zero-order chi connectivity index (χ0) is 13.8. The molecular weight excluding hydrogens is 260 g/mol. The molecule has 0 spiro atoms. The Labute approximate surface area is 115 Å². The van der Waals surface area contributed by atoms with E-state index in [2.05, 4.69) is 5.32 Å². The molecule has 0 saturated heterocycles. The fourth-order valence-corrected chi connectivity index (χ4v) is 2.40. The van der Waals surface area contributed by atoms with Crippen molar-refractivity contribution in [2.75, 3.05) is 12.3 Å². The topological polar surface area (TPSA) is 75.3 Å². The predicted molar refractivity (Wildman–Crippen MR) is 77.2 cm³/mol. The number of nitrogens with one attached hydrogen (secondary N) is 1. The standard InChI is InChI=1S/C14H16N2O2S/c1-9-6-10(2-3-12(9)15)14(18)16-7-13(17)11-4-5-19-8-11/h2-6,8,13,17H,7,15H2,1H3,(H,16,18). The number of benzene rings is 1. The van der Waals surface area contributed by atoms with E-state index < -0.39 is 6.10 Å². The molecule has 100 valence electrons. The summed E-state index contributed by atoms with van der Waals surface area (Å²) >= 11 is 1.52. The SMILES string of the molecule is Cc1cc(C(=O)NCC(O)c2ccsc2)ccc1N. The molecule has 0 saturated carbocycles. The quantitative estimate of drug-likeness (QED) is 0.749. The van der Waals surface area contributed by atoms with Gasteiger partial charge in [0.05, 0.1) is 6.10 Å². The average molecular weight is 276 g/mol. The first-order chi connectivity index (χ1) is 9.08. The van der Waals surface area contributed by atoms with Crippen LogP contribution in [0, 0.1) is 6.92 Å². The fraction of sp³-hybridized carbons (Fsp3) is 0.214. The van der Waals surface area contributed by atoms with Crippen molar-refractivity contribution in [2.24, 2.45) is 0 Å². The summed E-state index contributed by atoms with van der Waals surface area (Å²) in [6, 6.07) is 6.96. The second kappa shape index (κ2) is 5.86. The first-order valence-corrected chi connectivity index (χ1v) is 6.86. The molecule has 0 aliphatic carbocycles. The Bertz CT molecular complexity index is 567. The van der Waals surface area contributed by atoms with Gasteiger partial charge in [0, 0.05) is 17.8 Å². The highest BCUT2D eigenvalue weighted by Crippen LogP contribution is 2.16. The molecule has 2 aromatic rings. The molecule has 0 radical (unpaired) electrons. The molecule has 1 aromatic carbocycles. The van der Waals surface area contributed by atoms with Gasteiger partial charge in [-0.05, 0) is 53.1 Å². The molecule has 1 heterocycles. The van der Waals surface area contributed by atoms with E-state index in [0.717, 1.165) is 11.1 Å². The third-order valence-electron chi connectivity index (χ3n) is 2.92. The summed E-state index contributed by atoms with van der Waals surface area (Å²) in [5, 5.41) is 16.3. The van der Waals surface area contributed by atoms with Crippen LogP contribution in [-0.2, 0) is 0 Å². The lowest BCUT2D eigenvalue weighted by atomic mass is 10.1. The van der Waals surface area contributed by atoms with Crippen LogP contribution in [0.3, 0.4) is 0 Å². The van der Waals surface area contributed by atoms with Crippen molar-refractivity contribution in [3.8, 4) is 0 Å². The Kier molecular flexibility index (Phi) is 4.19. The van der Waals surface area contributed by atoms with Crippen LogP contribution < -0.4 is 11.1 Å². The maximum Gasteiger partial charge on any atom is 0.251 e. The van der Waals surface area contributed by atoms with Crippen LogP contribution in [0.5, 0.6) is 0 Å². The van der Waals surface area contributed by atoms with Gasteiger partial charge in [0.2, 0.25) is 0 Å². The predicted octanol–water partition coefficient (Wildman–Crippen LogP) is 2.10. The molecule has 4 N–H and O–H groups in total. The molecule has 19 heavy (non-hydrogen) atoms. The van der Waals surface area contributed by atoms with E-state index in [4.69, 9.17) is 5.73 Å². The zero-order valence-electron chi connectivity index (χ0n) is 10.6. The molecule has 4 nitrogen and oxygen atoms in total. The minimum Gasteiger partial charge on any atom is -0.399 e. The third kappa shape index (κ3) is 3.33. The summed E-state index contributed by atoms with van der Waals surface area (Å²) in [7, 11) is 0. The van der Waals surface area contributed by atoms with E-state index in [1.165, 1.54) is 11.3 Å². The van der Waals surface area contributed by atoms with E-state index in [1.54, 1.807) is 18.2 Å². The molecule has 0 bridgehead atoms. The first-order valence-electron chi connectivity index (χ1n) is 5.92. The highest BCUT2D eigenvalue weighted by molar-refractivity contribution is 7.07. The van der Waals surface area contributed by atoms with Crippen molar-refractivity contribution in [3.63, 3.8) is 0 Å². The monoisotopic (exact) mass is 276 g/mol. The van der Waals surface area contributed by atoms with Gasteiger partial charge in [-0.25, -0.2) is 0 Å². The summed E-state index contributed by atoms with van der Waals surface area (Å²) in [5.74, 6) is -0.211. The number of rotatable bonds is 4. The lowest BCUT2D eigenvalue weighted by molar-refractivity contribution is 0.0916. The lowest BCUT2D eigenvalue weighted by Gasteiger charge is -2.11. The minimum absolute atomic E-state index is 0.193. The van der Waals surface area contributed by atoms with E-state index >= 15 is 0 Å². The number of hydrogen-bond acceptors (Lipinski definition) is 4. The van der Waals surface area contributed by atoms with Gasteiger partial charge in [0.1, 0.15) is 0 Å². The van der Waals surface area contributed by atoms with Crippen molar-refractivity contribution in [2.45, 2.75) is 13.0 Å². The first kappa shape index (κ1) is 13.6. The number of amides is 1. The van der Waals surface area contributed by atoms with Crippen molar-refractivity contribution in [1.29, 1.82) is 0 Å². The Morgan fingerprint density at radius 2 is 2.26 bits per heavy atom. The smallest absolute Gasteiger partial charge is 0.251 e. The van der Waals surface area contributed by atoms with Gasteiger partial charge in [0.15, 0.2) is 0 Å². The van der Waals surface area contributed by atoms with Gasteiger partial charge in [0.25, 0.3) is 5.91 Å². The fourth-order valence-electron chi connectivity index (χ4n) is 1.69. The van der Waals surface area contributed by atoms with E-state index in [0.29, 0.717) is 11.3 Å². The Morgan fingerprint density at radius 1 is 1.47 bits per heavy atom. The number of aliphatic hydroxyl groups is 1. The molecule has 1 unspecified atom stereocenters. The Morgan fingerprint density at radius 3 is 2.89 bits per heavy atom. The van der Waals surface area contributed by atoms with E-state index in [1.807, 2.05) is 23.8 Å². The van der Waals surface area contributed by atoms with Crippen LogP contribution in [0.1, 0.15) is 27.6 Å². The lowest BCUT2D eigenvalue weighted by Crippen LogP contribution is -2.28. The number of thiophene rings is 1. The molecule has 1 atom stereocenters. The summed E-state index contributed by atoms with van der Waals surface area (Å²) in [6.45, 7) is 2.05. The number of carbonyl (C=O) groups excluding carboxylic acids is 1. The maximum atomic E-state index is 11.9. The van der Waals surface area contributed by atoms with Gasteiger partial charge >= 0.3 is 0 Å². The van der Waals surface area contributed by atoms with Crippen molar-refractivity contribution in [3.05, 3.63) is 51.7 Å². The largest absolute Gasteiger partial charge is 0.399 e. The zero-order valence-corrected chi connectivity index (χ0v) is 11.4. The Hall–Kier alpha value is -1.85. The summed E-state index contributed by atoms with van der Waals surface area (Å²) in [5.41, 5.74) is 8.60.